The first-order valence-electron chi connectivity index (χ1n) is 6.95. The molecular weight excluding hydrogens is 364 g/mol. The Morgan fingerprint density at radius 2 is 0.815 bits per heavy atom. The van der Waals surface area contributed by atoms with Gasteiger partial charge in [-0.3, -0.25) is 0 Å². The largest absolute Gasteiger partial charge is 0.478 e. The van der Waals surface area contributed by atoms with Gasteiger partial charge in [0.1, 0.15) is 0 Å². The van der Waals surface area contributed by atoms with Crippen LogP contribution in [0.15, 0.2) is 42.5 Å². The van der Waals surface area contributed by atoms with Crippen LogP contribution in [0.4, 0.5) is 0 Å². The number of carboxylic acid groups (broad SMARTS) is 5. The van der Waals surface area contributed by atoms with Crippen molar-refractivity contribution in [3.8, 4) is 0 Å². The molecule has 0 heterocycles. The Hall–Kier alpha value is -4.21. The molecule has 0 atom stereocenters. The molecule has 0 aliphatic carbocycles. The molecule has 2 aromatic rings. The monoisotopic (exact) mass is 376 g/mol. The highest BCUT2D eigenvalue weighted by Gasteiger charge is 2.23. The van der Waals surface area contributed by atoms with Crippen LogP contribution < -0.4 is 0 Å². The van der Waals surface area contributed by atoms with Crippen molar-refractivity contribution in [2.45, 2.75) is 0 Å². The maximum absolute atomic E-state index is 10.7. The number of carbonyl (C=O) groups is 5. The third-order valence-corrected chi connectivity index (χ3v) is 3.12. The second-order valence-electron chi connectivity index (χ2n) is 4.83. The molecule has 0 saturated heterocycles. The lowest BCUT2D eigenvalue weighted by Gasteiger charge is -2.04. The Morgan fingerprint density at radius 1 is 0.481 bits per heavy atom. The second kappa shape index (κ2) is 8.76. The Balaban J connectivity index is 0.000000277. The van der Waals surface area contributed by atoms with Gasteiger partial charge in [0.2, 0.25) is 0 Å². The predicted molar refractivity (Wildman–Crippen MR) is 87.7 cm³/mol. The van der Waals surface area contributed by atoms with Crippen LogP contribution in [-0.2, 0) is 0 Å². The summed E-state index contributed by atoms with van der Waals surface area (Å²) in [7, 11) is 0. The molecule has 140 valence electrons. The zero-order chi connectivity index (χ0) is 20.7. The van der Waals surface area contributed by atoms with E-state index >= 15 is 0 Å². The van der Waals surface area contributed by atoms with Gasteiger partial charge in [-0.05, 0) is 36.4 Å². The van der Waals surface area contributed by atoms with E-state index in [1.807, 2.05) is 0 Å². The smallest absolute Gasteiger partial charge is 0.337 e. The maximum atomic E-state index is 10.7. The fraction of sp³-hybridized carbons (Fsp3) is 0. The maximum Gasteiger partial charge on any atom is 0.337 e. The Kier molecular flexibility index (Phi) is 6.76. The zero-order valence-corrected chi connectivity index (χ0v) is 13.3. The van der Waals surface area contributed by atoms with Crippen LogP contribution in [0.2, 0.25) is 0 Å². The zero-order valence-electron chi connectivity index (χ0n) is 13.3. The van der Waals surface area contributed by atoms with E-state index in [0.29, 0.717) is 0 Å². The van der Waals surface area contributed by atoms with Crippen molar-refractivity contribution in [1.82, 2.24) is 0 Å². The average molecular weight is 376 g/mol. The first-order chi connectivity index (χ1) is 12.6. The molecule has 0 amide bonds. The lowest BCUT2D eigenvalue weighted by atomic mass is 10.0. The van der Waals surface area contributed by atoms with Gasteiger partial charge in [-0.2, -0.15) is 0 Å². The van der Waals surface area contributed by atoms with E-state index in [1.54, 1.807) is 0 Å². The molecule has 10 heteroatoms. The van der Waals surface area contributed by atoms with Gasteiger partial charge in [-0.15, -0.1) is 0 Å². The molecule has 5 N–H and O–H groups in total. The summed E-state index contributed by atoms with van der Waals surface area (Å²) in [6, 6.07) is 8.28. The molecule has 0 bridgehead atoms. The van der Waals surface area contributed by atoms with Gasteiger partial charge >= 0.3 is 29.8 Å². The Morgan fingerprint density at radius 3 is 1.04 bits per heavy atom. The van der Waals surface area contributed by atoms with Crippen LogP contribution in [-0.4, -0.2) is 55.4 Å². The third kappa shape index (κ3) is 5.39. The van der Waals surface area contributed by atoms with Gasteiger partial charge in [0, 0.05) is 0 Å². The molecule has 0 unspecified atom stereocenters. The number of rotatable bonds is 5. The minimum Gasteiger partial charge on any atom is -0.478 e. The molecule has 0 saturated carbocycles. The molecule has 10 nitrogen and oxygen atoms in total. The van der Waals surface area contributed by atoms with E-state index in [1.165, 1.54) is 30.3 Å². The van der Waals surface area contributed by atoms with Crippen LogP contribution in [0.3, 0.4) is 0 Å². The van der Waals surface area contributed by atoms with Crippen molar-refractivity contribution in [3.63, 3.8) is 0 Å². The summed E-state index contributed by atoms with van der Waals surface area (Å²) in [6.07, 6.45) is 0. The van der Waals surface area contributed by atoms with Crippen LogP contribution >= 0.6 is 0 Å². The van der Waals surface area contributed by atoms with Crippen LogP contribution in [0, 0.1) is 0 Å². The fourth-order valence-electron chi connectivity index (χ4n) is 1.89. The van der Waals surface area contributed by atoms with Crippen molar-refractivity contribution >= 4 is 29.8 Å². The SMILES string of the molecule is O=C(O)c1ccc(C(=O)O)cc1.O=C(O)c1cccc(C(=O)O)c1C(=O)O. The molecule has 2 rings (SSSR count). The molecule has 2 aromatic carbocycles. The second-order valence-corrected chi connectivity index (χ2v) is 4.83. The lowest BCUT2D eigenvalue weighted by molar-refractivity contribution is 0.0633. The molecular formula is C17H12O10. The van der Waals surface area contributed by atoms with Crippen LogP contribution in [0.25, 0.3) is 0 Å². The normalized spacial score (nSPS) is 9.48. The van der Waals surface area contributed by atoms with Gasteiger partial charge in [-0.1, -0.05) is 6.07 Å². The van der Waals surface area contributed by atoms with Crippen molar-refractivity contribution in [2.75, 3.05) is 0 Å². The van der Waals surface area contributed by atoms with Crippen molar-refractivity contribution in [2.24, 2.45) is 0 Å². The summed E-state index contributed by atoms with van der Waals surface area (Å²) in [6.45, 7) is 0. The number of hydrogen-bond donors (Lipinski definition) is 5. The molecule has 0 radical (unpaired) electrons. The van der Waals surface area contributed by atoms with Gasteiger partial charge in [0.05, 0.1) is 27.8 Å². The number of benzene rings is 2. The van der Waals surface area contributed by atoms with E-state index in [0.717, 1.165) is 12.1 Å². The molecule has 0 spiro atoms. The van der Waals surface area contributed by atoms with Gasteiger partial charge < -0.3 is 25.5 Å². The lowest BCUT2D eigenvalue weighted by Crippen LogP contribution is -2.14. The van der Waals surface area contributed by atoms with Gasteiger partial charge in [-0.25, -0.2) is 24.0 Å². The minimum atomic E-state index is -1.58. The van der Waals surface area contributed by atoms with E-state index in [4.69, 9.17) is 25.5 Å². The fourth-order valence-corrected chi connectivity index (χ4v) is 1.89. The highest BCUT2D eigenvalue weighted by atomic mass is 16.4. The molecule has 0 fully saturated rings. The van der Waals surface area contributed by atoms with Crippen molar-refractivity contribution < 1.29 is 49.5 Å². The van der Waals surface area contributed by atoms with Gasteiger partial charge in [0.25, 0.3) is 0 Å². The average Bonchev–Trinajstić information content (AvgIpc) is 2.61. The predicted octanol–water partition coefficient (Wildman–Crippen LogP) is 1.86. The number of aromatic carboxylic acids is 5. The number of carboxylic acids is 5. The van der Waals surface area contributed by atoms with Crippen molar-refractivity contribution in [3.05, 3.63) is 70.3 Å². The summed E-state index contributed by atoms with van der Waals surface area (Å²) < 4.78 is 0. The van der Waals surface area contributed by atoms with Crippen molar-refractivity contribution in [1.29, 1.82) is 0 Å². The quantitative estimate of drug-likeness (QED) is 0.515. The third-order valence-electron chi connectivity index (χ3n) is 3.12. The van der Waals surface area contributed by atoms with Crippen LogP contribution in [0.1, 0.15) is 51.8 Å². The van der Waals surface area contributed by atoms with Gasteiger partial charge in [0.15, 0.2) is 0 Å². The first-order valence-corrected chi connectivity index (χ1v) is 6.95. The first kappa shape index (κ1) is 20.8. The summed E-state index contributed by atoms with van der Waals surface area (Å²) in [5.74, 6) is -6.66. The molecule has 0 aliphatic heterocycles. The van der Waals surface area contributed by atoms with E-state index in [9.17, 15) is 24.0 Å². The summed E-state index contributed by atoms with van der Waals surface area (Å²) in [4.78, 5) is 52.7. The van der Waals surface area contributed by atoms with E-state index in [-0.39, 0.29) is 11.1 Å². The van der Waals surface area contributed by atoms with E-state index in [2.05, 4.69) is 0 Å². The standard InChI is InChI=1S/C9H6O6.C8H6O4/c10-7(11)4-2-1-3-5(8(12)13)6(4)9(14)15;9-7(10)5-1-2-6(4-3-5)8(11)12/h1-3H,(H,10,11)(H,12,13)(H,14,15);1-4H,(H,9,10)(H,11,12). The van der Waals surface area contributed by atoms with E-state index < -0.39 is 46.5 Å². The molecule has 0 aliphatic rings. The van der Waals surface area contributed by atoms with Crippen LogP contribution in [0.5, 0.6) is 0 Å². The Labute approximate surface area is 150 Å². The summed E-state index contributed by atoms with van der Waals surface area (Å²) in [5, 5.41) is 43.0. The summed E-state index contributed by atoms with van der Waals surface area (Å²) in [5.41, 5.74) is -1.62. The Bertz CT molecular complexity index is 847. The minimum absolute atomic E-state index is 0.0833. The molecule has 27 heavy (non-hydrogen) atoms. The summed E-state index contributed by atoms with van der Waals surface area (Å²) >= 11 is 0. The number of hydrogen-bond acceptors (Lipinski definition) is 5. The highest BCUT2D eigenvalue weighted by Crippen LogP contribution is 2.15. The molecule has 0 aromatic heterocycles. The highest BCUT2D eigenvalue weighted by molar-refractivity contribution is 6.09. The topological polar surface area (TPSA) is 186 Å².